The number of hydrogen-bond donors (Lipinski definition) is 1. The average Bonchev–Trinajstić information content (AvgIpc) is 2.74. The van der Waals surface area contributed by atoms with Gasteiger partial charge in [-0.25, -0.2) is 0 Å². The van der Waals surface area contributed by atoms with Gasteiger partial charge in [-0.2, -0.15) is 5.26 Å². The molecule has 0 spiro atoms. The first kappa shape index (κ1) is 21.4. The first-order valence-electron chi connectivity index (χ1n) is 9.43. The van der Waals surface area contributed by atoms with E-state index in [-0.39, 0.29) is 5.57 Å². The minimum atomic E-state index is -0.454. The summed E-state index contributed by atoms with van der Waals surface area (Å²) in [6.45, 7) is 4.27. The molecule has 0 saturated carbocycles. The fraction of sp³-hybridized carbons (Fsp3) is 0.120. The summed E-state index contributed by atoms with van der Waals surface area (Å²) < 4.78 is 6.93. The van der Waals surface area contributed by atoms with E-state index in [4.69, 9.17) is 4.74 Å². The van der Waals surface area contributed by atoms with E-state index in [1.165, 1.54) is 0 Å². The van der Waals surface area contributed by atoms with Gasteiger partial charge in [0.1, 0.15) is 24.0 Å². The van der Waals surface area contributed by atoms with Crippen LogP contribution in [0.5, 0.6) is 5.75 Å². The molecule has 3 aromatic rings. The van der Waals surface area contributed by atoms with Crippen LogP contribution in [-0.4, -0.2) is 5.91 Å². The molecule has 3 rings (SSSR count). The molecule has 0 bridgehead atoms. The summed E-state index contributed by atoms with van der Waals surface area (Å²) in [5, 5.41) is 12.4. The van der Waals surface area contributed by atoms with Crippen molar-refractivity contribution in [3.63, 3.8) is 0 Å². The minimum absolute atomic E-state index is 0.00640. The molecule has 5 heteroatoms. The van der Waals surface area contributed by atoms with Gasteiger partial charge in [0.25, 0.3) is 5.91 Å². The topological polar surface area (TPSA) is 62.1 Å². The highest BCUT2D eigenvalue weighted by atomic mass is 79.9. The smallest absolute Gasteiger partial charge is 0.266 e. The van der Waals surface area contributed by atoms with Gasteiger partial charge in [-0.1, -0.05) is 70.0 Å². The molecule has 0 aromatic heterocycles. The van der Waals surface area contributed by atoms with Crippen molar-refractivity contribution in [2.45, 2.75) is 20.5 Å². The van der Waals surface area contributed by atoms with Gasteiger partial charge >= 0.3 is 0 Å². The van der Waals surface area contributed by atoms with Gasteiger partial charge < -0.3 is 10.1 Å². The van der Waals surface area contributed by atoms with Crippen LogP contribution in [0.1, 0.15) is 22.3 Å². The van der Waals surface area contributed by atoms with Gasteiger partial charge in [0.15, 0.2) is 0 Å². The van der Waals surface area contributed by atoms with Crippen LogP contribution in [0.25, 0.3) is 6.08 Å². The average molecular weight is 461 g/mol. The Kier molecular flexibility index (Phi) is 7.05. The third-order valence-corrected chi connectivity index (χ3v) is 5.33. The predicted octanol–water partition coefficient (Wildman–Crippen LogP) is 6.19. The summed E-state index contributed by atoms with van der Waals surface area (Å²) in [5.74, 6) is 0.144. The summed E-state index contributed by atoms with van der Waals surface area (Å²) in [7, 11) is 0. The Hall–Kier alpha value is -3.36. The number of para-hydroxylation sites is 1. The molecular formula is C25H21BrN2O2. The third-order valence-electron chi connectivity index (χ3n) is 4.56. The van der Waals surface area contributed by atoms with Crippen molar-refractivity contribution in [3.8, 4) is 11.8 Å². The Morgan fingerprint density at radius 1 is 1.10 bits per heavy atom. The van der Waals surface area contributed by atoms with Gasteiger partial charge in [0, 0.05) is 21.3 Å². The lowest BCUT2D eigenvalue weighted by molar-refractivity contribution is -0.112. The number of nitriles is 1. The molecule has 0 atom stereocenters. The lowest BCUT2D eigenvalue weighted by Crippen LogP contribution is -2.14. The van der Waals surface area contributed by atoms with Gasteiger partial charge in [-0.15, -0.1) is 0 Å². The lowest BCUT2D eigenvalue weighted by atomic mass is 10.1. The number of amides is 1. The van der Waals surface area contributed by atoms with Gasteiger partial charge in [0.2, 0.25) is 0 Å². The molecule has 0 aliphatic rings. The largest absolute Gasteiger partial charge is 0.488 e. The monoisotopic (exact) mass is 460 g/mol. The second-order valence-corrected chi connectivity index (χ2v) is 7.71. The number of carbonyl (C=O) groups excluding carboxylic acids is 1. The van der Waals surface area contributed by atoms with Crippen LogP contribution in [0.2, 0.25) is 0 Å². The molecule has 0 radical (unpaired) electrons. The fourth-order valence-electron chi connectivity index (χ4n) is 2.95. The number of benzene rings is 3. The molecule has 3 aromatic carbocycles. The van der Waals surface area contributed by atoms with E-state index in [1.807, 2.05) is 86.6 Å². The molecule has 0 unspecified atom stereocenters. The molecule has 0 heterocycles. The normalized spacial score (nSPS) is 10.9. The fourth-order valence-corrected chi connectivity index (χ4v) is 3.35. The Morgan fingerprint density at radius 3 is 2.57 bits per heavy atom. The van der Waals surface area contributed by atoms with Crippen LogP contribution < -0.4 is 10.1 Å². The van der Waals surface area contributed by atoms with E-state index in [2.05, 4.69) is 21.2 Å². The number of rotatable bonds is 6. The molecule has 0 fully saturated rings. The van der Waals surface area contributed by atoms with Crippen molar-refractivity contribution in [2.24, 2.45) is 0 Å². The summed E-state index contributed by atoms with van der Waals surface area (Å²) >= 11 is 3.51. The van der Waals surface area contributed by atoms with Crippen LogP contribution in [0.3, 0.4) is 0 Å². The zero-order chi connectivity index (χ0) is 21.5. The SMILES string of the molecule is Cc1ccc(NC(=O)/C(C#N)=C/c2ccccc2OCc2ccccc2Br)c(C)c1. The van der Waals surface area contributed by atoms with Crippen molar-refractivity contribution in [1.29, 1.82) is 5.26 Å². The second-order valence-electron chi connectivity index (χ2n) is 6.86. The highest BCUT2D eigenvalue weighted by Crippen LogP contribution is 2.25. The quantitative estimate of drug-likeness (QED) is 0.352. The third kappa shape index (κ3) is 5.37. The maximum Gasteiger partial charge on any atom is 0.266 e. The molecule has 0 aliphatic heterocycles. The maximum atomic E-state index is 12.7. The zero-order valence-electron chi connectivity index (χ0n) is 16.8. The summed E-state index contributed by atoms with van der Waals surface area (Å²) in [6.07, 6.45) is 1.55. The highest BCUT2D eigenvalue weighted by Gasteiger charge is 2.13. The Balaban J connectivity index is 1.81. The molecular weight excluding hydrogens is 440 g/mol. The highest BCUT2D eigenvalue weighted by molar-refractivity contribution is 9.10. The Morgan fingerprint density at radius 2 is 1.83 bits per heavy atom. The van der Waals surface area contributed by atoms with Crippen molar-refractivity contribution in [1.82, 2.24) is 0 Å². The van der Waals surface area contributed by atoms with Gasteiger partial charge in [-0.3, -0.25) is 4.79 Å². The standard InChI is InChI=1S/C25H21BrN2O2/c1-17-11-12-23(18(2)13-17)28-25(29)21(15-27)14-19-7-4-6-10-24(19)30-16-20-8-3-5-9-22(20)26/h3-14H,16H2,1-2H3,(H,28,29)/b21-14+. The zero-order valence-corrected chi connectivity index (χ0v) is 18.4. The van der Waals surface area contributed by atoms with Crippen molar-refractivity contribution >= 4 is 33.6 Å². The first-order chi connectivity index (χ1) is 14.5. The van der Waals surface area contributed by atoms with E-state index in [9.17, 15) is 10.1 Å². The number of hydrogen-bond acceptors (Lipinski definition) is 3. The number of nitrogens with one attached hydrogen (secondary N) is 1. The van der Waals surface area contributed by atoms with E-state index >= 15 is 0 Å². The Labute approximate surface area is 184 Å². The number of aryl methyl sites for hydroxylation is 2. The van der Waals surface area contributed by atoms with Crippen molar-refractivity contribution in [2.75, 3.05) is 5.32 Å². The van der Waals surface area contributed by atoms with Gasteiger partial charge in [0.05, 0.1) is 0 Å². The molecule has 4 nitrogen and oxygen atoms in total. The molecule has 1 N–H and O–H groups in total. The van der Waals surface area contributed by atoms with Crippen LogP contribution in [0, 0.1) is 25.2 Å². The molecule has 150 valence electrons. The van der Waals surface area contributed by atoms with E-state index < -0.39 is 5.91 Å². The predicted molar refractivity (Wildman–Crippen MR) is 123 cm³/mol. The molecule has 0 aliphatic carbocycles. The van der Waals surface area contributed by atoms with Crippen LogP contribution >= 0.6 is 15.9 Å². The van der Waals surface area contributed by atoms with Crippen molar-refractivity contribution < 1.29 is 9.53 Å². The van der Waals surface area contributed by atoms with Crippen LogP contribution in [-0.2, 0) is 11.4 Å². The molecule has 30 heavy (non-hydrogen) atoms. The molecule has 0 saturated heterocycles. The summed E-state index contributed by atoms with van der Waals surface area (Å²) in [5.41, 5.74) is 4.41. The lowest BCUT2D eigenvalue weighted by Gasteiger charge is -2.11. The van der Waals surface area contributed by atoms with Gasteiger partial charge in [-0.05, 0) is 43.7 Å². The number of carbonyl (C=O) groups is 1. The first-order valence-corrected chi connectivity index (χ1v) is 10.2. The van der Waals surface area contributed by atoms with E-state index in [1.54, 1.807) is 6.08 Å². The summed E-state index contributed by atoms with van der Waals surface area (Å²) in [6, 6.07) is 22.9. The number of anilines is 1. The van der Waals surface area contributed by atoms with Crippen molar-refractivity contribution in [3.05, 3.63) is 99.0 Å². The summed E-state index contributed by atoms with van der Waals surface area (Å²) in [4.78, 5) is 12.7. The second kappa shape index (κ2) is 9.91. The number of ether oxygens (including phenoxy) is 1. The van der Waals surface area contributed by atoms with E-state index in [0.717, 1.165) is 21.2 Å². The van der Waals surface area contributed by atoms with E-state index in [0.29, 0.717) is 23.6 Å². The minimum Gasteiger partial charge on any atom is -0.488 e. The molecule has 1 amide bonds. The maximum absolute atomic E-state index is 12.7. The number of nitrogens with zero attached hydrogens (tertiary/aromatic N) is 1. The van der Waals surface area contributed by atoms with Crippen LogP contribution in [0.4, 0.5) is 5.69 Å². The van der Waals surface area contributed by atoms with Crippen LogP contribution in [0.15, 0.2) is 76.8 Å². The number of halogens is 1. The Bertz CT molecular complexity index is 1150.